The maximum absolute atomic E-state index is 10.5. The van der Waals surface area contributed by atoms with E-state index in [9.17, 15) is 4.79 Å². The second-order valence-electron chi connectivity index (χ2n) is 2.10. The smallest absolute Gasteiger partial charge is 1.00 e. The molecule has 0 aliphatic carbocycles. The van der Waals surface area contributed by atoms with Crippen molar-refractivity contribution < 1.29 is 40.9 Å². The van der Waals surface area contributed by atoms with Crippen LogP contribution in [0.4, 0.5) is 0 Å². The van der Waals surface area contributed by atoms with Gasteiger partial charge in [-0.2, -0.15) is 0 Å². The van der Waals surface area contributed by atoms with E-state index in [-0.39, 0.29) is 42.4 Å². The van der Waals surface area contributed by atoms with E-state index < -0.39 is 5.97 Å². The minimum Gasteiger partial charge on any atom is -1.00 e. The predicted molar refractivity (Wildman–Crippen MR) is 44.1 cm³/mol. The maximum atomic E-state index is 10.5. The molecule has 1 aromatic rings. The van der Waals surface area contributed by atoms with Gasteiger partial charge in [-0.25, -0.2) is 4.79 Å². The Morgan fingerprint density at radius 2 is 2.08 bits per heavy atom. The minimum atomic E-state index is -0.929. The summed E-state index contributed by atoms with van der Waals surface area (Å²) in [4.78, 5) is 10.5. The zero-order valence-electron chi connectivity index (χ0n) is 7.75. The van der Waals surface area contributed by atoms with Gasteiger partial charge in [0.05, 0.1) is 5.56 Å². The number of hydrogen-bond donors (Lipinski definition) is 1. The number of rotatable bonds is 2. The Kier molecular flexibility index (Phi) is 5.59. The monoisotopic (exact) mass is 194 g/mol. The number of hydrogen-bond acceptors (Lipinski definition) is 1. The van der Waals surface area contributed by atoms with Gasteiger partial charge in [0, 0.05) is 5.88 Å². The van der Waals surface area contributed by atoms with Gasteiger partial charge in [0.1, 0.15) is 0 Å². The van der Waals surface area contributed by atoms with Gasteiger partial charge in [-0.3, -0.25) is 0 Å². The van der Waals surface area contributed by atoms with E-state index in [0.29, 0.717) is 5.56 Å². The number of alkyl halides is 1. The van der Waals surface area contributed by atoms with Crippen molar-refractivity contribution in [2.45, 2.75) is 5.88 Å². The van der Waals surface area contributed by atoms with E-state index in [1.807, 2.05) is 0 Å². The number of benzene rings is 1. The Bertz CT molecular complexity index is 281. The molecular weight excluding hydrogens is 187 g/mol. The van der Waals surface area contributed by atoms with E-state index in [1.165, 1.54) is 0 Å². The molecule has 60 valence electrons. The molecular formula is C8H8ClNaO2. The molecule has 0 heterocycles. The predicted octanol–water partition coefficient (Wildman–Crippen LogP) is -0.760. The molecule has 1 N–H and O–H groups in total. The van der Waals surface area contributed by atoms with Gasteiger partial charge >= 0.3 is 35.5 Å². The van der Waals surface area contributed by atoms with Gasteiger partial charge in [-0.15, -0.1) is 11.6 Å². The molecule has 0 radical (unpaired) electrons. The van der Waals surface area contributed by atoms with Crippen molar-refractivity contribution in [1.29, 1.82) is 0 Å². The van der Waals surface area contributed by atoms with Crippen molar-refractivity contribution in [2.24, 2.45) is 0 Å². The molecule has 0 atom stereocenters. The Balaban J connectivity index is 0. The zero-order chi connectivity index (χ0) is 8.27. The first-order chi connectivity index (χ1) is 5.25. The first-order valence-electron chi connectivity index (χ1n) is 3.13. The Morgan fingerprint density at radius 3 is 2.50 bits per heavy atom. The third-order valence-corrected chi connectivity index (χ3v) is 1.68. The van der Waals surface area contributed by atoms with E-state index in [2.05, 4.69) is 0 Å². The summed E-state index contributed by atoms with van der Waals surface area (Å²) in [6.07, 6.45) is 0. The molecule has 0 aliphatic rings. The SMILES string of the molecule is O=C(O)c1ccccc1CCl.[H-].[Na+]. The zero-order valence-corrected chi connectivity index (χ0v) is 9.51. The fraction of sp³-hybridized carbons (Fsp3) is 0.125. The largest absolute Gasteiger partial charge is 1.00 e. The van der Waals surface area contributed by atoms with Crippen LogP contribution in [0.2, 0.25) is 0 Å². The molecule has 4 heteroatoms. The maximum Gasteiger partial charge on any atom is 1.00 e. The van der Waals surface area contributed by atoms with Crippen molar-refractivity contribution in [1.82, 2.24) is 0 Å². The molecule has 0 saturated heterocycles. The number of halogens is 1. The standard InChI is InChI=1S/C8H7ClO2.Na.H/c9-5-6-3-1-2-4-7(6)8(10)11;;/h1-4H,5H2,(H,10,11);;/q;+1;-1. The summed E-state index contributed by atoms with van der Waals surface area (Å²) < 4.78 is 0. The van der Waals surface area contributed by atoms with Crippen LogP contribution < -0.4 is 29.6 Å². The average Bonchev–Trinajstić information content (AvgIpc) is 2.04. The molecule has 0 spiro atoms. The first kappa shape index (κ1) is 12.0. The van der Waals surface area contributed by atoms with Crippen molar-refractivity contribution in [3.63, 3.8) is 0 Å². The molecule has 2 nitrogen and oxygen atoms in total. The van der Waals surface area contributed by atoms with E-state index >= 15 is 0 Å². The normalized spacial score (nSPS) is 8.75. The Morgan fingerprint density at radius 1 is 1.50 bits per heavy atom. The van der Waals surface area contributed by atoms with Gasteiger partial charge in [0.2, 0.25) is 0 Å². The van der Waals surface area contributed by atoms with Crippen LogP contribution in [-0.4, -0.2) is 11.1 Å². The molecule has 1 rings (SSSR count). The van der Waals surface area contributed by atoms with Crippen molar-refractivity contribution >= 4 is 17.6 Å². The van der Waals surface area contributed by atoms with Crippen LogP contribution in [0.5, 0.6) is 0 Å². The van der Waals surface area contributed by atoms with Crippen molar-refractivity contribution in [3.05, 3.63) is 35.4 Å². The second-order valence-corrected chi connectivity index (χ2v) is 2.36. The fourth-order valence-corrected chi connectivity index (χ4v) is 1.08. The van der Waals surface area contributed by atoms with Crippen LogP contribution in [0.3, 0.4) is 0 Å². The molecule has 0 bridgehead atoms. The number of aromatic carboxylic acids is 1. The quantitative estimate of drug-likeness (QED) is 0.497. The molecule has 0 aliphatic heterocycles. The summed E-state index contributed by atoms with van der Waals surface area (Å²) in [6.45, 7) is 0. The molecule has 0 amide bonds. The number of carboxylic acid groups (broad SMARTS) is 1. The third-order valence-electron chi connectivity index (χ3n) is 1.39. The number of carboxylic acids is 1. The van der Waals surface area contributed by atoms with Crippen molar-refractivity contribution in [3.8, 4) is 0 Å². The van der Waals surface area contributed by atoms with Crippen LogP contribution in [-0.2, 0) is 5.88 Å². The topological polar surface area (TPSA) is 37.3 Å². The molecule has 0 unspecified atom stereocenters. The average molecular weight is 195 g/mol. The fourth-order valence-electron chi connectivity index (χ4n) is 0.845. The molecule has 0 fully saturated rings. The van der Waals surface area contributed by atoms with Gasteiger partial charge < -0.3 is 6.53 Å². The van der Waals surface area contributed by atoms with Gasteiger partial charge in [-0.05, 0) is 11.6 Å². The summed E-state index contributed by atoms with van der Waals surface area (Å²) in [5.74, 6) is -0.691. The van der Waals surface area contributed by atoms with E-state index in [1.54, 1.807) is 24.3 Å². The van der Waals surface area contributed by atoms with Crippen LogP contribution in [0.1, 0.15) is 17.3 Å². The first-order valence-corrected chi connectivity index (χ1v) is 3.66. The summed E-state index contributed by atoms with van der Waals surface area (Å²) in [7, 11) is 0. The summed E-state index contributed by atoms with van der Waals surface area (Å²) >= 11 is 5.51. The van der Waals surface area contributed by atoms with E-state index in [0.717, 1.165) is 0 Å². The molecule has 12 heavy (non-hydrogen) atoms. The van der Waals surface area contributed by atoms with Gasteiger partial charge in [0.25, 0.3) is 0 Å². The third kappa shape index (κ3) is 2.79. The number of carbonyl (C=O) groups is 1. The minimum absolute atomic E-state index is 0. The Labute approximate surface area is 99.3 Å². The van der Waals surface area contributed by atoms with Crippen LogP contribution in [0.15, 0.2) is 24.3 Å². The van der Waals surface area contributed by atoms with Gasteiger partial charge in [0.15, 0.2) is 0 Å². The summed E-state index contributed by atoms with van der Waals surface area (Å²) in [5, 5.41) is 8.64. The van der Waals surface area contributed by atoms with Gasteiger partial charge in [-0.1, -0.05) is 18.2 Å². The molecule has 1 aromatic carbocycles. The summed E-state index contributed by atoms with van der Waals surface area (Å²) in [5.41, 5.74) is 0.934. The Hall–Kier alpha value is -0.0200. The van der Waals surface area contributed by atoms with Crippen LogP contribution >= 0.6 is 11.6 Å². The molecule has 0 saturated carbocycles. The molecule has 0 aromatic heterocycles. The van der Waals surface area contributed by atoms with Crippen LogP contribution in [0.25, 0.3) is 0 Å². The second kappa shape index (κ2) is 5.60. The van der Waals surface area contributed by atoms with Crippen LogP contribution in [0, 0.1) is 0 Å². The van der Waals surface area contributed by atoms with E-state index in [4.69, 9.17) is 16.7 Å². The van der Waals surface area contributed by atoms with Crippen molar-refractivity contribution in [2.75, 3.05) is 0 Å². The summed E-state index contributed by atoms with van der Waals surface area (Å²) in [6, 6.07) is 6.69.